The molecule has 6 nitrogen and oxygen atoms in total. The van der Waals surface area contributed by atoms with Crippen LogP contribution in [0, 0.1) is 11.6 Å². The maximum atomic E-state index is 14.5. The van der Waals surface area contributed by atoms with Gasteiger partial charge in [-0.15, -0.1) is 0 Å². The molecule has 0 radical (unpaired) electrons. The molecule has 3 heterocycles. The lowest BCUT2D eigenvalue weighted by molar-refractivity contribution is 0.425. The summed E-state index contributed by atoms with van der Waals surface area (Å²) in [5, 5.41) is 8.32. The predicted molar refractivity (Wildman–Crippen MR) is 114 cm³/mol. The van der Waals surface area contributed by atoms with Crippen molar-refractivity contribution in [3.8, 4) is 17.1 Å². The summed E-state index contributed by atoms with van der Waals surface area (Å²) in [6.45, 7) is 0. The number of benzene rings is 2. The van der Waals surface area contributed by atoms with E-state index >= 15 is 0 Å². The number of thiophene rings is 1. The van der Waals surface area contributed by atoms with Crippen LogP contribution in [0.25, 0.3) is 28.0 Å². The van der Waals surface area contributed by atoms with E-state index in [9.17, 15) is 13.6 Å². The number of hydrogen-bond donors (Lipinski definition) is 0. The van der Waals surface area contributed by atoms with Crippen molar-refractivity contribution >= 4 is 34.0 Å². The number of halogens is 2. The van der Waals surface area contributed by atoms with E-state index in [0.29, 0.717) is 22.6 Å². The summed E-state index contributed by atoms with van der Waals surface area (Å²) in [7, 11) is 0. The molecule has 0 saturated heterocycles. The van der Waals surface area contributed by atoms with Gasteiger partial charge in [-0.1, -0.05) is 29.1 Å². The maximum Gasteiger partial charge on any atom is 0.266 e. The van der Waals surface area contributed by atoms with Gasteiger partial charge >= 0.3 is 0 Å². The Morgan fingerprint density at radius 2 is 1.97 bits per heavy atom. The molecule has 0 aliphatic heterocycles. The Balaban J connectivity index is 1.56. The largest absolute Gasteiger partial charge is 0.334 e. The summed E-state index contributed by atoms with van der Waals surface area (Å²) in [5.41, 5.74) is 0.758. The Morgan fingerprint density at radius 3 is 2.77 bits per heavy atom. The molecule has 0 saturated carbocycles. The highest BCUT2D eigenvalue weighted by molar-refractivity contribution is 7.98. The number of fused-ring (bicyclic) bond motifs is 1. The third kappa shape index (κ3) is 3.75. The fourth-order valence-corrected chi connectivity index (χ4v) is 4.51. The first kappa shape index (κ1) is 19.6. The quantitative estimate of drug-likeness (QED) is 0.273. The van der Waals surface area contributed by atoms with E-state index in [-0.39, 0.29) is 16.6 Å². The Bertz CT molecular complexity index is 1450. The molecule has 0 spiro atoms. The van der Waals surface area contributed by atoms with E-state index in [1.807, 2.05) is 16.8 Å². The van der Waals surface area contributed by atoms with Gasteiger partial charge in [0.15, 0.2) is 11.0 Å². The number of rotatable bonds is 5. The average Bonchev–Trinajstić information content (AvgIpc) is 3.45. The van der Waals surface area contributed by atoms with Gasteiger partial charge in [0.1, 0.15) is 11.6 Å². The van der Waals surface area contributed by atoms with Crippen LogP contribution < -0.4 is 5.56 Å². The Morgan fingerprint density at radius 1 is 1.10 bits per heavy atom. The molecule has 154 valence electrons. The van der Waals surface area contributed by atoms with E-state index in [2.05, 4.69) is 15.1 Å². The maximum absolute atomic E-state index is 14.5. The van der Waals surface area contributed by atoms with Crippen molar-refractivity contribution in [1.29, 1.82) is 0 Å². The van der Waals surface area contributed by atoms with E-state index in [4.69, 9.17) is 4.52 Å². The van der Waals surface area contributed by atoms with Crippen LogP contribution in [0.1, 0.15) is 5.82 Å². The van der Waals surface area contributed by atoms with Crippen LogP contribution in [0.5, 0.6) is 0 Å². The third-order valence-electron chi connectivity index (χ3n) is 4.46. The molecular weight excluding hydrogens is 442 g/mol. The van der Waals surface area contributed by atoms with Gasteiger partial charge in [0.2, 0.25) is 0 Å². The molecule has 0 fully saturated rings. The number of hydrogen-bond acceptors (Lipinski definition) is 7. The normalized spacial score (nSPS) is 11.3. The van der Waals surface area contributed by atoms with Crippen molar-refractivity contribution in [3.63, 3.8) is 0 Å². The van der Waals surface area contributed by atoms with Crippen molar-refractivity contribution in [2.75, 3.05) is 0 Å². The summed E-state index contributed by atoms with van der Waals surface area (Å²) in [5.74, 6) is -0.559. The minimum absolute atomic E-state index is 0.0840. The van der Waals surface area contributed by atoms with E-state index < -0.39 is 17.2 Å². The summed E-state index contributed by atoms with van der Waals surface area (Å²) in [6.07, 6.45) is 0. The van der Waals surface area contributed by atoms with Crippen LogP contribution in [0.3, 0.4) is 0 Å². The number of thioether (sulfide) groups is 1. The molecule has 10 heteroatoms. The van der Waals surface area contributed by atoms with Crippen LogP contribution in [0.4, 0.5) is 8.78 Å². The number of para-hydroxylation sites is 1. The molecule has 3 aromatic heterocycles. The van der Waals surface area contributed by atoms with E-state index in [0.717, 1.165) is 34.0 Å². The number of aromatic nitrogens is 4. The first-order chi connectivity index (χ1) is 15.1. The van der Waals surface area contributed by atoms with Crippen LogP contribution in [-0.4, -0.2) is 19.7 Å². The standard InChI is InChI=1S/C21H12F2N4O2S2/c22-13-5-6-17(15(23)9-13)27-20(28)14-3-1-2-4-16(14)24-21(27)31-11-18-25-19(29-26-18)12-7-8-30-10-12/h1-10H,11H2. The third-order valence-corrected chi connectivity index (χ3v) is 6.08. The van der Waals surface area contributed by atoms with Gasteiger partial charge < -0.3 is 4.52 Å². The topological polar surface area (TPSA) is 73.8 Å². The molecule has 5 aromatic rings. The highest BCUT2D eigenvalue weighted by Gasteiger charge is 2.18. The zero-order valence-electron chi connectivity index (χ0n) is 15.7. The average molecular weight is 454 g/mol. The zero-order valence-corrected chi connectivity index (χ0v) is 17.3. The summed E-state index contributed by atoms with van der Waals surface area (Å²) >= 11 is 2.67. The predicted octanol–water partition coefficient (Wildman–Crippen LogP) is 5.07. The molecule has 5 rings (SSSR count). The molecule has 2 aromatic carbocycles. The lowest BCUT2D eigenvalue weighted by Crippen LogP contribution is -2.22. The number of nitrogens with zero attached hydrogens (tertiary/aromatic N) is 4. The van der Waals surface area contributed by atoms with Gasteiger partial charge in [0, 0.05) is 11.4 Å². The molecule has 0 amide bonds. The molecular formula is C21H12F2N4O2S2. The lowest BCUT2D eigenvalue weighted by atomic mass is 10.2. The van der Waals surface area contributed by atoms with Gasteiger partial charge in [-0.2, -0.15) is 16.3 Å². The molecule has 0 N–H and O–H groups in total. The smallest absolute Gasteiger partial charge is 0.266 e. The van der Waals surface area contributed by atoms with Crippen molar-refractivity contribution in [2.45, 2.75) is 10.9 Å². The molecule has 0 aliphatic carbocycles. The van der Waals surface area contributed by atoms with Crippen LogP contribution in [-0.2, 0) is 5.75 Å². The first-order valence-electron chi connectivity index (χ1n) is 9.05. The van der Waals surface area contributed by atoms with E-state index in [1.54, 1.807) is 24.3 Å². The second-order valence-corrected chi connectivity index (χ2v) is 8.19. The van der Waals surface area contributed by atoms with Crippen molar-refractivity contribution in [3.05, 3.63) is 87.1 Å². The molecule has 0 aliphatic rings. The van der Waals surface area contributed by atoms with Crippen LogP contribution in [0.2, 0.25) is 0 Å². The van der Waals surface area contributed by atoms with Crippen molar-refractivity contribution in [1.82, 2.24) is 19.7 Å². The minimum atomic E-state index is -0.861. The molecule has 0 unspecified atom stereocenters. The van der Waals surface area contributed by atoms with Gasteiger partial charge in [-0.25, -0.2) is 13.8 Å². The van der Waals surface area contributed by atoms with E-state index in [1.165, 1.54) is 17.4 Å². The SMILES string of the molecule is O=c1c2ccccc2nc(SCc2noc(-c3ccsc3)n2)n1-c1ccc(F)cc1F. The Hall–Kier alpha value is -3.37. The molecule has 31 heavy (non-hydrogen) atoms. The lowest BCUT2D eigenvalue weighted by Gasteiger charge is -2.13. The highest BCUT2D eigenvalue weighted by Crippen LogP contribution is 2.27. The minimum Gasteiger partial charge on any atom is -0.334 e. The summed E-state index contributed by atoms with van der Waals surface area (Å²) in [6, 6.07) is 11.7. The van der Waals surface area contributed by atoms with Gasteiger partial charge in [0.25, 0.3) is 11.4 Å². The monoisotopic (exact) mass is 454 g/mol. The summed E-state index contributed by atoms with van der Waals surface area (Å²) in [4.78, 5) is 22.0. The fourth-order valence-electron chi connectivity index (χ4n) is 3.03. The van der Waals surface area contributed by atoms with Crippen molar-refractivity contribution < 1.29 is 13.3 Å². The Labute approximate surface area is 182 Å². The molecule has 0 bridgehead atoms. The zero-order chi connectivity index (χ0) is 21.4. The first-order valence-corrected chi connectivity index (χ1v) is 11.0. The van der Waals surface area contributed by atoms with Crippen LogP contribution >= 0.6 is 23.1 Å². The van der Waals surface area contributed by atoms with Gasteiger partial charge in [0.05, 0.1) is 27.9 Å². The van der Waals surface area contributed by atoms with Gasteiger partial charge in [-0.05, 0) is 35.7 Å². The Kier molecular flexibility index (Phi) is 5.08. The summed E-state index contributed by atoms with van der Waals surface area (Å²) < 4.78 is 34.4. The van der Waals surface area contributed by atoms with Crippen molar-refractivity contribution in [2.24, 2.45) is 0 Å². The second kappa shape index (κ2) is 8.05. The second-order valence-electron chi connectivity index (χ2n) is 6.46. The molecule has 0 atom stereocenters. The van der Waals surface area contributed by atoms with Gasteiger partial charge in [-0.3, -0.25) is 9.36 Å². The highest BCUT2D eigenvalue weighted by atomic mass is 32.2. The van der Waals surface area contributed by atoms with Crippen LogP contribution in [0.15, 0.2) is 73.8 Å². The fraction of sp³-hybridized carbons (Fsp3) is 0.0476.